The molecule has 0 fully saturated rings. The standard InChI is InChI=1S/C8H9N3O2/c1-2-13-6-3-5-7(11-6)8(12)10-4-9-5/h3-4,11H,2H2,1H3,(H,9,10,12). The van der Waals surface area contributed by atoms with Crippen molar-refractivity contribution in [2.75, 3.05) is 6.61 Å². The molecule has 13 heavy (non-hydrogen) atoms. The Kier molecular flexibility index (Phi) is 1.77. The highest BCUT2D eigenvalue weighted by Crippen LogP contribution is 2.14. The topological polar surface area (TPSA) is 70.8 Å². The molecule has 0 bridgehead atoms. The third-order valence-electron chi connectivity index (χ3n) is 1.70. The van der Waals surface area contributed by atoms with Crippen LogP contribution in [0.15, 0.2) is 17.2 Å². The largest absolute Gasteiger partial charge is 0.479 e. The van der Waals surface area contributed by atoms with E-state index < -0.39 is 0 Å². The van der Waals surface area contributed by atoms with E-state index in [-0.39, 0.29) is 5.56 Å². The summed E-state index contributed by atoms with van der Waals surface area (Å²) in [6, 6.07) is 1.70. The van der Waals surface area contributed by atoms with Crippen molar-refractivity contribution in [1.82, 2.24) is 15.0 Å². The summed E-state index contributed by atoms with van der Waals surface area (Å²) >= 11 is 0. The minimum Gasteiger partial charge on any atom is -0.479 e. The van der Waals surface area contributed by atoms with E-state index in [1.165, 1.54) is 6.33 Å². The molecule has 2 heterocycles. The van der Waals surface area contributed by atoms with Crippen LogP contribution in [0.5, 0.6) is 5.88 Å². The van der Waals surface area contributed by atoms with Crippen LogP contribution in [-0.2, 0) is 0 Å². The van der Waals surface area contributed by atoms with Gasteiger partial charge in [0.25, 0.3) is 5.56 Å². The lowest BCUT2D eigenvalue weighted by Crippen LogP contribution is -2.05. The average Bonchev–Trinajstić information content (AvgIpc) is 2.49. The zero-order valence-electron chi connectivity index (χ0n) is 7.13. The van der Waals surface area contributed by atoms with E-state index in [4.69, 9.17) is 4.74 Å². The fraction of sp³-hybridized carbons (Fsp3) is 0.250. The number of nitrogens with one attached hydrogen (secondary N) is 2. The summed E-state index contributed by atoms with van der Waals surface area (Å²) in [5.41, 5.74) is 0.883. The first kappa shape index (κ1) is 7.85. The Balaban J connectivity index is 2.62. The molecule has 0 saturated carbocycles. The molecule has 0 aliphatic carbocycles. The van der Waals surface area contributed by atoms with Gasteiger partial charge in [0.1, 0.15) is 5.52 Å². The second kappa shape index (κ2) is 2.93. The summed E-state index contributed by atoms with van der Waals surface area (Å²) < 4.78 is 5.20. The summed E-state index contributed by atoms with van der Waals surface area (Å²) in [5.74, 6) is 0.571. The van der Waals surface area contributed by atoms with Crippen molar-refractivity contribution in [1.29, 1.82) is 0 Å². The molecule has 0 aromatic carbocycles. The van der Waals surface area contributed by atoms with Crippen LogP contribution in [0.2, 0.25) is 0 Å². The Hall–Kier alpha value is -1.78. The summed E-state index contributed by atoms with van der Waals surface area (Å²) in [7, 11) is 0. The lowest BCUT2D eigenvalue weighted by molar-refractivity contribution is 0.329. The van der Waals surface area contributed by atoms with Crippen molar-refractivity contribution >= 4 is 11.0 Å². The molecule has 2 aromatic rings. The van der Waals surface area contributed by atoms with Gasteiger partial charge < -0.3 is 14.7 Å². The minimum absolute atomic E-state index is 0.184. The fourth-order valence-electron chi connectivity index (χ4n) is 1.16. The Morgan fingerprint density at radius 3 is 3.15 bits per heavy atom. The van der Waals surface area contributed by atoms with E-state index in [1.54, 1.807) is 6.07 Å². The van der Waals surface area contributed by atoms with E-state index in [2.05, 4.69) is 15.0 Å². The predicted octanol–water partition coefficient (Wildman–Crippen LogP) is 0.650. The highest BCUT2D eigenvalue weighted by molar-refractivity contribution is 5.75. The fourth-order valence-corrected chi connectivity index (χ4v) is 1.16. The van der Waals surface area contributed by atoms with Gasteiger partial charge in [-0.1, -0.05) is 0 Å². The molecule has 0 saturated heterocycles. The Bertz CT molecular complexity index is 471. The third-order valence-corrected chi connectivity index (χ3v) is 1.70. The molecule has 0 unspecified atom stereocenters. The maximum Gasteiger partial charge on any atom is 0.275 e. The molecule has 2 N–H and O–H groups in total. The summed E-state index contributed by atoms with van der Waals surface area (Å²) in [6.45, 7) is 2.44. The number of aromatic amines is 2. The first-order valence-electron chi connectivity index (χ1n) is 4.00. The SMILES string of the molecule is CCOc1cc2nc[nH]c(=O)c2[nH]1. The smallest absolute Gasteiger partial charge is 0.275 e. The number of ether oxygens (including phenoxy) is 1. The van der Waals surface area contributed by atoms with Gasteiger partial charge >= 0.3 is 0 Å². The number of hydrogen-bond donors (Lipinski definition) is 2. The zero-order valence-corrected chi connectivity index (χ0v) is 7.13. The van der Waals surface area contributed by atoms with Gasteiger partial charge in [-0.3, -0.25) is 4.79 Å². The van der Waals surface area contributed by atoms with Gasteiger partial charge in [-0.25, -0.2) is 4.98 Å². The monoisotopic (exact) mass is 179 g/mol. The molecule has 0 aliphatic heterocycles. The zero-order chi connectivity index (χ0) is 9.26. The number of nitrogens with zero attached hydrogens (tertiary/aromatic N) is 1. The molecule has 0 spiro atoms. The lowest BCUT2D eigenvalue weighted by atomic mass is 10.5. The van der Waals surface area contributed by atoms with Crippen molar-refractivity contribution in [3.63, 3.8) is 0 Å². The van der Waals surface area contributed by atoms with Crippen LogP contribution in [0.3, 0.4) is 0 Å². The molecule has 2 rings (SSSR count). The molecule has 0 aliphatic rings. The van der Waals surface area contributed by atoms with Gasteiger partial charge in [0.2, 0.25) is 0 Å². The number of fused-ring (bicyclic) bond motifs is 1. The molecule has 5 heteroatoms. The van der Waals surface area contributed by atoms with Gasteiger partial charge in [-0.2, -0.15) is 0 Å². The van der Waals surface area contributed by atoms with Crippen molar-refractivity contribution < 1.29 is 4.74 Å². The van der Waals surface area contributed by atoms with Crippen LogP contribution in [0.4, 0.5) is 0 Å². The summed E-state index contributed by atoms with van der Waals surface area (Å²) in [6.07, 6.45) is 1.37. The van der Waals surface area contributed by atoms with E-state index in [0.717, 1.165) is 0 Å². The van der Waals surface area contributed by atoms with Gasteiger partial charge in [0.05, 0.1) is 18.5 Å². The van der Waals surface area contributed by atoms with Gasteiger partial charge in [-0.05, 0) is 6.92 Å². The van der Waals surface area contributed by atoms with Gasteiger partial charge in [-0.15, -0.1) is 0 Å². The number of aromatic nitrogens is 3. The minimum atomic E-state index is -0.184. The third kappa shape index (κ3) is 1.28. The molecule has 5 nitrogen and oxygen atoms in total. The Morgan fingerprint density at radius 1 is 1.62 bits per heavy atom. The average molecular weight is 179 g/mol. The normalized spacial score (nSPS) is 10.5. The summed E-state index contributed by atoms with van der Waals surface area (Å²) in [4.78, 5) is 20.5. The molecule has 68 valence electrons. The van der Waals surface area contributed by atoms with Crippen LogP contribution in [0.25, 0.3) is 11.0 Å². The van der Waals surface area contributed by atoms with E-state index >= 15 is 0 Å². The second-order valence-corrected chi connectivity index (χ2v) is 2.56. The number of hydrogen-bond acceptors (Lipinski definition) is 3. The first-order valence-corrected chi connectivity index (χ1v) is 4.00. The Labute approximate surface area is 73.8 Å². The van der Waals surface area contributed by atoms with Crippen LogP contribution in [0, 0.1) is 0 Å². The molecule has 0 radical (unpaired) electrons. The molecule has 0 amide bonds. The first-order chi connectivity index (χ1) is 6.31. The summed E-state index contributed by atoms with van der Waals surface area (Å²) in [5, 5.41) is 0. The number of rotatable bonds is 2. The molecule has 2 aromatic heterocycles. The second-order valence-electron chi connectivity index (χ2n) is 2.56. The molecule has 0 atom stereocenters. The molecular weight excluding hydrogens is 170 g/mol. The van der Waals surface area contributed by atoms with Crippen molar-refractivity contribution in [2.24, 2.45) is 0 Å². The quantitative estimate of drug-likeness (QED) is 0.711. The van der Waals surface area contributed by atoms with Crippen LogP contribution in [0.1, 0.15) is 6.92 Å². The van der Waals surface area contributed by atoms with Crippen molar-refractivity contribution in [3.8, 4) is 5.88 Å². The number of H-pyrrole nitrogens is 2. The maximum absolute atomic E-state index is 11.2. The Morgan fingerprint density at radius 2 is 2.46 bits per heavy atom. The van der Waals surface area contributed by atoms with E-state index in [9.17, 15) is 4.79 Å². The van der Waals surface area contributed by atoms with Crippen LogP contribution in [-0.4, -0.2) is 21.6 Å². The van der Waals surface area contributed by atoms with Crippen LogP contribution >= 0.6 is 0 Å². The highest BCUT2D eigenvalue weighted by atomic mass is 16.5. The van der Waals surface area contributed by atoms with Crippen molar-refractivity contribution in [2.45, 2.75) is 6.92 Å². The predicted molar refractivity (Wildman–Crippen MR) is 47.9 cm³/mol. The van der Waals surface area contributed by atoms with Crippen LogP contribution < -0.4 is 10.3 Å². The van der Waals surface area contributed by atoms with Gasteiger partial charge in [0, 0.05) is 6.07 Å². The highest BCUT2D eigenvalue weighted by Gasteiger charge is 2.04. The van der Waals surface area contributed by atoms with Gasteiger partial charge in [0.15, 0.2) is 5.88 Å². The van der Waals surface area contributed by atoms with Crippen molar-refractivity contribution in [3.05, 3.63) is 22.7 Å². The lowest BCUT2D eigenvalue weighted by Gasteiger charge is -1.94. The maximum atomic E-state index is 11.2. The van der Waals surface area contributed by atoms with E-state index in [1.807, 2.05) is 6.92 Å². The molecular formula is C8H9N3O2. The van der Waals surface area contributed by atoms with E-state index in [0.29, 0.717) is 23.5 Å².